The third kappa shape index (κ3) is 4.04. The lowest BCUT2D eigenvalue weighted by Gasteiger charge is -2.05. The molecule has 0 atom stereocenters. The Morgan fingerprint density at radius 3 is 2.62 bits per heavy atom. The molecule has 0 aliphatic rings. The average molecular weight is 221 g/mol. The summed E-state index contributed by atoms with van der Waals surface area (Å²) in [6.45, 7) is 0. The largest absolute Gasteiger partial charge is 0.497 e. The molecule has 86 valence electrons. The number of rotatable bonds is 4. The maximum absolute atomic E-state index is 11.3. The molecule has 1 rings (SSSR count). The molecule has 0 saturated carbocycles. The summed E-state index contributed by atoms with van der Waals surface area (Å²) >= 11 is 0. The van der Waals surface area contributed by atoms with Gasteiger partial charge in [-0.1, -0.05) is 6.07 Å². The zero-order valence-corrected chi connectivity index (χ0v) is 9.64. The molecule has 0 fully saturated rings. The van der Waals surface area contributed by atoms with E-state index in [-0.39, 0.29) is 0 Å². The Balaban J connectivity index is 2.62. The van der Waals surface area contributed by atoms with E-state index in [0.29, 0.717) is 11.5 Å². The highest BCUT2D eigenvalue weighted by Gasteiger charge is 2.01. The van der Waals surface area contributed by atoms with Gasteiger partial charge in [0, 0.05) is 32.4 Å². The van der Waals surface area contributed by atoms with Crippen molar-refractivity contribution in [2.45, 2.75) is 0 Å². The number of ether oxygens (including phenoxy) is 2. The molecular weight excluding hydrogens is 206 g/mol. The molecule has 16 heavy (non-hydrogen) atoms. The van der Waals surface area contributed by atoms with E-state index in [9.17, 15) is 4.79 Å². The fraction of sp³-hybridized carbons (Fsp3) is 0.250. The number of carbonyl (C=O) groups is 1. The Bertz CT molecular complexity index is 386. The van der Waals surface area contributed by atoms with Gasteiger partial charge in [-0.2, -0.15) is 0 Å². The summed E-state index contributed by atoms with van der Waals surface area (Å²) in [7, 11) is 5.22. The monoisotopic (exact) mass is 221 g/mol. The van der Waals surface area contributed by atoms with Crippen molar-refractivity contribution < 1.29 is 14.3 Å². The van der Waals surface area contributed by atoms with Crippen molar-refractivity contribution >= 4 is 5.97 Å². The minimum Gasteiger partial charge on any atom is -0.497 e. The first-order chi connectivity index (χ1) is 7.61. The fourth-order valence-electron chi connectivity index (χ4n) is 1.02. The van der Waals surface area contributed by atoms with Crippen molar-refractivity contribution in [3.8, 4) is 11.5 Å². The summed E-state index contributed by atoms with van der Waals surface area (Å²) in [6, 6.07) is 6.90. The van der Waals surface area contributed by atoms with Gasteiger partial charge in [0.05, 0.1) is 7.11 Å². The minimum absolute atomic E-state index is 0.415. The summed E-state index contributed by atoms with van der Waals surface area (Å²) in [5, 5.41) is 0. The minimum atomic E-state index is -0.415. The molecule has 0 heterocycles. The second-order valence-electron chi connectivity index (χ2n) is 3.38. The maximum atomic E-state index is 11.3. The van der Waals surface area contributed by atoms with Crippen LogP contribution in [0.25, 0.3) is 0 Å². The van der Waals surface area contributed by atoms with Crippen molar-refractivity contribution in [2.24, 2.45) is 0 Å². The Hall–Kier alpha value is -1.97. The number of nitrogens with zero attached hydrogens (tertiary/aromatic N) is 1. The van der Waals surface area contributed by atoms with Gasteiger partial charge in [-0.25, -0.2) is 4.79 Å². The van der Waals surface area contributed by atoms with Crippen molar-refractivity contribution in [3.05, 3.63) is 36.5 Å². The van der Waals surface area contributed by atoms with E-state index in [1.807, 2.05) is 14.1 Å². The van der Waals surface area contributed by atoms with Crippen molar-refractivity contribution in [2.75, 3.05) is 21.2 Å². The fourth-order valence-corrected chi connectivity index (χ4v) is 1.02. The topological polar surface area (TPSA) is 38.8 Å². The lowest BCUT2D eigenvalue weighted by Crippen LogP contribution is -2.07. The normalized spacial score (nSPS) is 10.2. The van der Waals surface area contributed by atoms with E-state index in [1.165, 1.54) is 6.08 Å². The standard InChI is InChI=1S/C12H15NO3/c1-13(2)8-7-12(14)16-11-6-4-5-10(9-11)15-3/h4-9H,1-3H3/b8-7+. The molecule has 0 bridgehead atoms. The Morgan fingerprint density at radius 1 is 1.31 bits per heavy atom. The van der Waals surface area contributed by atoms with E-state index in [4.69, 9.17) is 9.47 Å². The smallest absolute Gasteiger partial charge is 0.337 e. The first-order valence-corrected chi connectivity index (χ1v) is 4.82. The van der Waals surface area contributed by atoms with Gasteiger partial charge >= 0.3 is 5.97 Å². The van der Waals surface area contributed by atoms with E-state index in [2.05, 4.69) is 0 Å². The zero-order valence-electron chi connectivity index (χ0n) is 9.64. The number of benzene rings is 1. The van der Waals surface area contributed by atoms with Crippen LogP contribution in [-0.2, 0) is 4.79 Å². The highest BCUT2D eigenvalue weighted by molar-refractivity contribution is 5.83. The molecule has 0 aromatic heterocycles. The Kier molecular flexibility index (Phi) is 4.39. The van der Waals surface area contributed by atoms with Gasteiger partial charge in [0.2, 0.25) is 0 Å². The molecule has 0 aliphatic heterocycles. The molecule has 0 spiro atoms. The Morgan fingerprint density at radius 2 is 2.00 bits per heavy atom. The lowest BCUT2D eigenvalue weighted by molar-refractivity contribution is -0.129. The van der Waals surface area contributed by atoms with Gasteiger partial charge in [-0.15, -0.1) is 0 Å². The molecule has 0 amide bonds. The summed E-state index contributed by atoms with van der Waals surface area (Å²) in [6.07, 6.45) is 2.99. The van der Waals surface area contributed by atoms with Crippen LogP contribution in [0.5, 0.6) is 11.5 Å². The number of methoxy groups -OCH3 is 1. The van der Waals surface area contributed by atoms with Crippen LogP contribution in [0.15, 0.2) is 36.5 Å². The quantitative estimate of drug-likeness (QED) is 0.440. The number of hydrogen-bond acceptors (Lipinski definition) is 4. The first kappa shape index (κ1) is 12.1. The van der Waals surface area contributed by atoms with E-state index >= 15 is 0 Å². The second-order valence-corrected chi connectivity index (χ2v) is 3.38. The molecule has 4 heteroatoms. The van der Waals surface area contributed by atoms with Crippen LogP contribution >= 0.6 is 0 Å². The van der Waals surface area contributed by atoms with Gasteiger partial charge < -0.3 is 14.4 Å². The van der Waals surface area contributed by atoms with Crippen LogP contribution in [0, 0.1) is 0 Å². The third-order valence-electron chi connectivity index (χ3n) is 1.77. The Labute approximate surface area is 95.1 Å². The molecule has 0 radical (unpaired) electrons. The van der Waals surface area contributed by atoms with E-state index < -0.39 is 5.97 Å². The molecule has 0 aliphatic carbocycles. The summed E-state index contributed by atoms with van der Waals surface area (Å²) in [4.78, 5) is 13.1. The van der Waals surface area contributed by atoms with Gasteiger partial charge in [0.25, 0.3) is 0 Å². The van der Waals surface area contributed by atoms with Crippen LogP contribution in [0.3, 0.4) is 0 Å². The molecule has 1 aromatic carbocycles. The highest BCUT2D eigenvalue weighted by Crippen LogP contribution is 2.18. The van der Waals surface area contributed by atoms with Crippen molar-refractivity contribution in [3.63, 3.8) is 0 Å². The third-order valence-corrected chi connectivity index (χ3v) is 1.77. The molecule has 0 unspecified atom stereocenters. The number of hydrogen-bond donors (Lipinski definition) is 0. The predicted octanol–water partition coefficient (Wildman–Crippen LogP) is 1.68. The first-order valence-electron chi connectivity index (χ1n) is 4.82. The van der Waals surface area contributed by atoms with Crippen LogP contribution < -0.4 is 9.47 Å². The molecular formula is C12H15NO3. The summed E-state index contributed by atoms with van der Waals surface area (Å²) in [5.41, 5.74) is 0. The van der Waals surface area contributed by atoms with Crippen molar-refractivity contribution in [1.82, 2.24) is 4.90 Å². The second kappa shape index (κ2) is 5.80. The summed E-state index contributed by atoms with van der Waals surface area (Å²) < 4.78 is 10.1. The van der Waals surface area contributed by atoms with Crippen molar-refractivity contribution in [1.29, 1.82) is 0 Å². The van der Waals surface area contributed by atoms with Gasteiger partial charge in [-0.3, -0.25) is 0 Å². The highest BCUT2D eigenvalue weighted by atomic mass is 16.5. The van der Waals surface area contributed by atoms with Gasteiger partial charge in [-0.05, 0) is 12.1 Å². The number of esters is 1. The maximum Gasteiger partial charge on any atom is 0.337 e. The molecule has 0 N–H and O–H groups in total. The molecule has 1 aromatic rings. The van der Waals surface area contributed by atoms with Crippen LogP contribution in [-0.4, -0.2) is 32.1 Å². The molecule has 4 nitrogen and oxygen atoms in total. The zero-order chi connectivity index (χ0) is 12.0. The van der Waals surface area contributed by atoms with Gasteiger partial charge in [0.1, 0.15) is 11.5 Å². The summed E-state index contributed by atoms with van der Waals surface area (Å²) in [5.74, 6) is 0.705. The van der Waals surface area contributed by atoms with E-state index in [0.717, 1.165) is 0 Å². The van der Waals surface area contributed by atoms with Crippen LogP contribution in [0.1, 0.15) is 0 Å². The molecule has 0 saturated heterocycles. The van der Waals surface area contributed by atoms with E-state index in [1.54, 1.807) is 42.5 Å². The predicted molar refractivity (Wildman–Crippen MR) is 61.5 cm³/mol. The average Bonchev–Trinajstić information content (AvgIpc) is 2.26. The SMILES string of the molecule is COc1cccc(OC(=O)/C=C/N(C)C)c1. The van der Waals surface area contributed by atoms with Gasteiger partial charge in [0.15, 0.2) is 0 Å². The van der Waals surface area contributed by atoms with Crippen LogP contribution in [0.4, 0.5) is 0 Å². The lowest BCUT2D eigenvalue weighted by atomic mass is 10.3. The number of carbonyl (C=O) groups excluding carboxylic acids is 1. The van der Waals surface area contributed by atoms with Crippen LogP contribution in [0.2, 0.25) is 0 Å².